The maximum atomic E-state index is 12.1. The van der Waals surface area contributed by atoms with Gasteiger partial charge in [0, 0.05) is 16.5 Å². The minimum atomic E-state index is -3.04. The molecule has 142 valence electrons. The topological polar surface area (TPSA) is 49.7 Å². The molecule has 1 saturated heterocycles. The summed E-state index contributed by atoms with van der Waals surface area (Å²) < 4.78 is 24.2. The summed E-state index contributed by atoms with van der Waals surface area (Å²) in [6.45, 7) is 4.23. The maximum Gasteiger partial charge on any atom is 0.164 e. The van der Waals surface area contributed by atoms with Crippen LogP contribution in [0.15, 0.2) is 47.5 Å². The molecule has 0 aliphatic carbocycles. The van der Waals surface area contributed by atoms with Crippen molar-refractivity contribution in [2.45, 2.75) is 31.7 Å². The Labute approximate surface area is 169 Å². The highest BCUT2D eigenvalue weighted by Crippen LogP contribution is 2.36. The molecule has 0 spiro atoms. The summed E-state index contributed by atoms with van der Waals surface area (Å²) in [7, 11) is -3.04. The molecule has 0 amide bonds. The lowest BCUT2D eigenvalue weighted by molar-refractivity contribution is 0.601. The second kappa shape index (κ2) is 7.15. The lowest BCUT2D eigenvalue weighted by Crippen LogP contribution is -2.39. The van der Waals surface area contributed by atoms with Gasteiger partial charge in [-0.1, -0.05) is 41.6 Å². The van der Waals surface area contributed by atoms with Crippen molar-refractivity contribution in [2.75, 3.05) is 16.4 Å². The lowest BCUT2D eigenvalue weighted by atomic mass is 10.1. The minimum absolute atomic E-state index is 0.126. The van der Waals surface area contributed by atoms with Gasteiger partial charge in [0.05, 0.1) is 23.6 Å². The van der Waals surface area contributed by atoms with Gasteiger partial charge in [-0.25, -0.2) is 8.42 Å². The predicted octanol–water partition coefficient (Wildman–Crippen LogP) is 4.23. The van der Waals surface area contributed by atoms with Crippen LogP contribution in [0.1, 0.15) is 16.7 Å². The largest absolute Gasteiger partial charge is 0.315 e. The Balaban J connectivity index is 1.60. The highest BCUT2D eigenvalue weighted by atomic mass is 35.5. The second-order valence-electron chi connectivity index (χ2n) is 7.18. The van der Waals surface area contributed by atoms with Gasteiger partial charge in [0.1, 0.15) is 0 Å². The zero-order chi connectivity index (χ0) is 19.2. The minimum Gasteiger partial charge on any atom is -0.315 e. The molecule has 0 radical (unpaired) electrons. The maximum absolute atomic E-state index is 12.1. The number of rotatable bonds is 3. The first kappa shape index (κ1) is 18.8. The van der Waals surface area contributed by atoms with Crippen molar-refractivity contribution in [2.24, 2.45) is 4.99 Å². The van der Waals surface area contributed by atoms with E-state index < -0.39 is 9.84 Å². The van der Waals surface area contributed by atoms with Crippen LogP contribution >= 0.6 is 23.4 Å². The van der Waals surface area contributed by atoms with Crippen molar-refractivity contribution < 1.29 is 8.42 Å². The van der Waals surface area contributed by atoms with Crippen molar-refractivity contribution in [3.05, 3.63) is 64.2 Å². The molecule has 2 aromatic carbocycles. The molecule has 2 heterocycles. The summed E-state index contributed by atoms with van der Waals surface area (Å²) in [5.74, 6) is 1.09. The van der Waals surface area contributed by atoms with Gasteiger partial charge in [-0.05, 0) is 54.8 Å². The number of amidine groups is 1. The molecule has 1 fully saturated rings. The molecule has 4 rings (SSSR count). The molecule has 0 saturated carbocycles. The highest BCUT2D eigenvalue weighted by Gasteiger charge is 2.47. The second-order valence-corrected chi connectivity index (χ2v) is 10.7. The van der Waals surface area contributed by atoms with Crippen molar-refractivity contribution >= 4 is 44.1 Å². The number of aliphatic imine (C=N–C) groups is 1. The molecule has 0 aromatic heterocycles. The molecular weight excluding hydrogens is 400 g/mol. The monoisotopic (exact) mass is 420 g/mol. The van der Waals surface area contributed by atoms with Crippen LogP contribution < -0.4 is 4.90 Å². The zero-order valence-electron chi connectivity index (χ0n) is 15.2. The molecule has 0 N–H and O–H groups in total. The molecule has 7 heteroatoms. The summed E-state index contributed by atoms with van der Waals surface area (Å²) in [5.41, 5.74) is 4.74. The first-order valence-electron chi connectivity index (χ1n) is 8.84. The van der Waals surface area contributed by atoms with Crippen molar-refractivity contribution in [1.82, 2.24) is 0 Å². The van der Waals surface area contributed by atoms with E-state index in [1.54, 1.807) is 11.8 Å². The van der Waals surface area contributed by atoms with Crippen LogP contribution in [0.3, 0.4) is 0 Å². The number of sulfone groups is 1. The smallest absolute Gasteiger partial charge is 0.164 e. The average molecular weight is 421 g/mol. The Morgan fingerprint density at radius 1 is 1.11 bits per heavy atom. The standard InChI is InChI=1S/C20H21ClN2O2S2/c1-13-3-4-15(9-14(13)2)10-26-20-22-18-11-27(24,25)12-19(18)23(20)17-7-5-16(21)6-8-17/h3-9,18-19H,10-12H2,1-2H3/t18-,19+/m1/s1. The lowest BCUT2D eigenvalue weighted by Gasteiger charge is -2.26. The number of anilines is 1. The molecule has 27 heavy (non-hydrogen) atoms. The van der Waals surface area contributed by atoms with Crippen LogP contribution in [0.5, 0.6) is 0 Å². The molecule has 4 nitrogen and oxygen atoms in total. The van der Waals surface area contributed by atoms with Gasteiger partial charge in [-0.3, -0.25) is 4.99 Å². The fourth-order valence-electron chi connectivity index (χ4n) is 3.58. The predicted molar refractivity (Wildman–Crippen MR) is 115 cm³/mol. The Kier molecular flexibility index (Phi) is 4.99. The van der Waals surface area contributed by atoms with Gasteiger partial charge in [0.25, 0.3) is 0 Å². The summed E-state index contributed by atoms with van der Waals surface area (Å²) in [5, 5.41) is 1.55. The van der Waals surface area contributed by atoms with Crippen LogP contribution in [0.2, 0.25) is 5.02 Å². The molecule has 0 bridgehead atoms. The zero-order valence-corrected chi connectivity index (χ0v) is 17.6. The van der Waals surface area contributed by atoms with E-state index in [1.165, 1.54) is 16.7 Å². The van der Waals surface area contributed by atoms with E-state index in [0.29, 0.717) is 5.02 Å². The fourth-order valence-corrected chi connectivity index (χ4v) is 6.61. The Hall–Kier alpha value is -1.50. The van der Waals surface area contributed by atoms with Crippen LogP contribution in [0.25, 0.3) is 0 Å². The van der Waals surface area contributed by atoms with Crippen LogP contribution in [0, 0.1) is 13.8 Å². The number of aryl methyl sites for hydroxylation is 2. The van der Waals surface area contributed by atoms with Crippen LogP contribution in [0.4, 0.5) is 5.69 Å². The first-order valence-corrected chi connectivity index (χ1v) is 12.0. The van der Waals surface area contributed by atoms with Crippen molar-refractivity contribution in [1.29, 1.82) is 0 Å². The summed E-state index contributed by atoms with van der Waals surface area (Å²) in [6, 6.07) is 13.7. The third-order valence-electron chi connectivity index (χ3n) is 5.15. The summed E-state index contributed by atoms with van der Waals surface area (Å²) in [6.07, 6.45) is 0. The van der Waals surface area contributed by atoms with Gasteiger partial charge in [0.15, 0.2) is 15.0 Å². The normalized spacial score (nSPS) is 23.4. The van der Waals surface area contributed by atoms with E-state index in [2.05, 4.69) is 36.9 Å². The van der Waals surface area contributed by atoms with E-state index in [9.17, 15) is 8.42 Å². The Morgan fingerprint density at radius 3 is 2.56 bits per heavy atom. The molecule has 2 aromatic rings. The number of hydrogen-bond donors (Lipinski definition) is 0. The van der Waals surface area contributed by atoms with Gasteiger partial charge < -0.3 is 4.90 Å². The molecular formula is C20H21ClN2O2S2. The van der Waals surface area contributed by atoms with Crippen LogP contribution in [-0.2, 0) is 15.6 Å². The van der Waals surface area contributed by atoms with Crippen molar-refractivity contribution in [3.63, 3.8) is 0 Å². The summed E-state index contributed by atoms with van der Waals surface area (Å²) in [4.78, 5) is 6.85. The van der Waals surface area contributed by atoms with E-state index in [4.69, 9.17) is 16.6 Å². The van der Waals surface area contributed by atoms with E-state index in [1.807, 2.05) is 24.3 Å². The number of fused-ring (bicyclic) bond motifs is 1. The van der Waals surface area contributed by atoms with Crippen LogP contribution in [-0.4, -0.2) is 37.2 Å². The van der Waals surface area contributed by atoms with Gasteiger partial charge in [0.2, 0.25) is 0 Å². The fraction of sp³-hybridized carbons (Fsp3) is 0.350. The summed E-state index contributed by atoms with van der Waals surface area (Å²) >= 11 is 7.69. The van der Waals surface area contributed by atoms with E-state index >= 15 is 0 Å². The Morgan fingerprint density at radius 2 is 1.85 bits per heavy atom. The Bertz CT molecular complexity index is 1000. The average Bonchev–Trinajstić information content (AvgIpc) is 3.08. The number of halogens is 1. The number of hydrogen-bond acceptors (Lipinski definition) is 5. The quantitative estimate of drug-likeness (QED) is 0.745. The molecule has 2 aliphatic heterocycles. The SMILES string of the molecule is Cc1ccc(CSC2=N[C@@H]3CS(=O)(=O)C[C@@H]3N2c2ccc(Cl)cc2)cc1C. The first-order chi connectivity index (χ1) is 12.8. The van der Waals surface area contributed by atoms with Gasteiger partial charge in [-0.2, -0.15) is 0 Å². The van der Waals surface area contributed by atoms with E-state index in [0.717, 1.165) is 16.6 Å². The van der Waals surface area contributed by atoms with Crippen molar-refractivity contribution in [3.8, 4) is 0 Å². The third kappa shape index (κ3) is 3.89. The molecule has 2 atom stereocenters. The van der Waals surface area contributed by atoms with Gasteiger partial charge >= 0.3 is 0 Å². The highest BCUT2D eigenvalue weighted by molar-refractivity contribution is 8.13. The number of thioether (sulfide) groups is 1. The number of benzene rings is 2. The third-order valence-corrected chi connectivity index (χ3v) is 8.14. The van der Waals surface area contributed by atoms with E-state index in [-0.39, 0.29) is 23.6 Å². The molecule has 0 unspecified atom stereocenters. The molecule has 2 aliphatic rings. The number of nitrogens with zero attached hydrogens (tertiary/aromatic N) is 2. The van der Waals surface area contributed by atoms with Gasteiger partial charge in [-0.15, -0.1) is 0 Å².